The minimum atomic E-state index is 0.180. The van der Waals surface area contributed by atoms with Crippen molar-refractivity contribution in [2.45, 2.75) is 53.6 Å². The molecule has 0 aliphatic rings. The number of hydrogen-bond donors (Lipinski definition) is 1. The van der Waals surface area contributed by atoms with Crippen LogP contribution in [0.3, 0.4) is 0 Å². The Kier molecular flexibility index (Phi) is 6.15. The zero-order chi connectivity index (χ0) is 15.2. The Morgan fingerprint density at radius 1 is 1.10 bits per heavy atom. The highest BCUT2D eigenvalue weighted by Gasteiger charge is 2.23. The number of nitrogens with one attached hydrogen (secondary N) is 1. The molecule has 1 N–H and O–H groups in total. The molecule has 0 aliphatic carbocycles. The molecule has 1 heterocycles. The molecule has 0 fully saturated rings. The van der Waals surface area contributed by atoms with Gasteiger partial charge in [0.25, 0.3) is 0 Å². The van der Waals surface area contributed by atoms with E-state index in [-0.39, 0.29) is 11.0 Å². The predicted octanol–water partition coefficient (Wildman–Crippen LogP) is 3.32. The number of aromatic nitrogens is 1. The van der Waals surface area contributed by atoms with E-state index >= 15 is 0 Å². The predicted molar refractivity (Wildman–Crippen MR) is 86.7 cm³/mol. The Morgan fingerprint density at radius 2 is 1.70 bits per heavy atom. The quantitative estimate of drug-likeness (QED) is 0.828. The standard InChI is InChI=1S/C17H31N3/c1-7-20(12-15-8-10-18-11-9-15)14-17(5,6)13-19-16(2,3)4/h8-11,19H,7,12-14H2,1-6H3. The van der Waals surface area contributed by atoms with Crippen molar-refractivity contribution in [3.8, 4) is 0 Å². The molecule has 114 valence electrons. The van der Waals surface area contributed by atoms with E-state index in [0.717, 1.165) is 26.2 Å². The summed E-state index contributed by atoms with van der Waals surface area (Å²) in [5, 5.41) is 3.62. The number of hydrogen-bond acceptors (Lipinski definition) is 3. The van der Waals surface area contributed by atoms with Crippen molar-refractivity contribution in [3.05, 3.63) is 30.1 Å². The molecule has 0 spiro atoms. The molecule has 0 radical (unpaired) electrons. The van der Waals surface area contributed by atoms with Gasteiger partial charge in [-0.1, -0.05) is 20.8 Å². The van der Waals surface area contributed by atoms with Gasteiger partial charge in [0.2, 0.25) is 0 Å². The maximum atomic E-state index is 4.08. The Morgan fingerprint density at radius 3 is 2.20 bits per heavy atom. The van der Waals surface area contributed by atoms with Crippen molar-refractivity contribution < 1.29 is 0 Å². The van der Waals surface area contributed by atoms with Gasteiger partial charge in [-0.3, -0.25) is 9.88 Å². The van der Waals surface area contributed by atoms with Crippen molar-refractivity contribution >= 4 is 0 Å². The lowest BCUT2D eigenvalue weighted by molar-refractivity contribution is 0.165. The minimum absolute atomic E-state index is 0.180. The van der Waals surface area contributed by atoms with E-state index in [1.165, 1.54) is 5.56 Å². The molecule has 0 bridgehead atoms. The number of rotatable bonds is 7. The molecule has 20 heavy (non-hydrogen) atoms. The fourth-order valence-corrected chi connectivity index (χ4v) is 2.19. The van der Waals surface area contributed by atoms with Crippen molar-refractivity contribution in [3.63, 3.8) is 0 Å². The summed E-state index contributed by atoms with van der Waals surface area (Å²) in [5.74, 6) is 0. The van der Waals surface area contributed by atoms with E-state index in [1.54, 1.807) is 0 Å². The third kappa shape index (κ3) is 7.01. The first-order valence-electron chi connectivity index (χ1n) is 7.58. The molecule has 3 nitrogen and oxygen atoms in total. The van der Waals surface area contributed by atoms with Gasteiger partial charge in [-0.15, -0.1) is 0 Å². The molecule has 0 unspecified atom stereocenters. The fourth-order valence-electron chi connectivity index (χ4n) is 2.19. The third-order valence-electron chi connectivity index (χ3n) is 3.35. The highest BCUT2D eigenvalue weighted by molar-refractivity contribution is 5.09. The Labute approximate surface area is 124 Å². The second-order valence-electron chi connectivity index (χ2n) is 7.43. The normalized spacial score (nSPS) is 12.9. The molecule has 3 heteroatoms. The van der Waals surface area contributed by atoms with Crippen LogP contribution < -0.4 is 5.32 Å². The summed E-state index contributed by atoms with van der Waals surface area (Å²) < 4.78 is 0. The molecule has 1 rings (SSSR count). The average molecular weight is 277 g/mol. The van der Waals surface area contributed by atoms with Gasteiger partial charge in [0.1, 0.15) is 0 Å². The first kappa shape index (κ1) is 17.1. The summed E-state index contributed by atoms with van der Waals surface area (Å²) >= 11 is 0. The van der Waals surface area contributed by atoms with Crippen LogP contribution in [0.5, 0.6) is 0 Å². The van der Waals surface area contributed by atoms with Crippen LogP contribution in [0.2, 0.25) is 0 Å². The topological polar surface area (TPSA) is 28.2 Å². The van der Waals surface area contributed by atoms with Crippen LogP contribution in [0, 0.1) is 5.41 Å². The fraction of sp³-hybridized carbons (Fsp3) is 0.706. The van der Waals surface area contributed by atoms with Crippen LogP contribution in [0.15, 0.2) is 24.5 Å². The largest absolute Gasteiger partial charge is 0.311 e. The minimum Gasteiger partial charge on any atom is -0.311 e. The lowest BCUT2D eigenvalue weighted by atomic mass is 9.91. The lowest BCUT2D eigenvalue weighted by Crippen LogP contribution is -2.46. The van der Waals surface area contributed by atoms with Crippen molar-refractivity contribution in [2.75, 3.05) is 19.6 Å². The Balaban J connectivity index is 2.54. The second-order valence-corrected chi connectivity index (χ2v) is 7.43. The van der Waals surface area contributed by atoms with Crippen LogP contribution in [0.25, 0.3) is 0 Å². The summed E-state index contributed by atoms with van der Waals surface area (Å²) in [6, 6.07) is 4.20. The number of nitrogens with zero attached hydrogens (tertiary/aromatic N) is 2. The van der Waals surface area contributed by atoms with Gasteiger partial charge in [0.05, 0.1) is 0 Å². The van der Waals surface area contributed by atoms with Crippen molar-refractivity contribution in [1.29, 1.82) is 0 Å². The van der Waals surface area contributed by atoms with Crippen LogP contribution >= 0.6 is 0 Å². The van der Waals surface area contributed by atoms with Crippen molar-refractivity contribution in [1.82, 2.24) is 15.2 Å². The summed E-state index contributed by atoms with van der Waals surface area (Å²) in [6.07, 6.45) is 3.74. The van der Waals surface area contributed by atoms with Crippen LogP contribution in [0.1, 0.15) is 47.1 Å². The molecule has 0 atom stereocenters. The lowest BCUT2D eigenvalue weighted by Gasteiger charge is -2.35. The summed E-state index contributed by atoms with van der Waals surface area (Å²) in [4.78, 5) is 6.58. The van der Waals surface area contributed by atoms with Gasteiger partial charge in [-0.05, 0) is 50.4 Å². The van der Waals surface area contributed by atoms with E-state index in [4.69, 9.17) is 0 Å². The van der Waals surface area contributed by atoms with E-state index < -0.39 is 0 Å². The van der Waals surface area contributed by atoms with Gasteiger partial charge in [-0.2, -0.15) is 0 Å². The van der Waals surface area contributed by atoms with Crippen LogP contribution in [-0.4, -0.2) is 35.1 Å². The third-order valence-corrected chi connectivity index (χ3v) is 3.35. The molecule has 1 aromatic heterocycles. The van der Waals surface area contributed by atoms with Gasteiger partial charge in [0, 0.05) is 37.6 Å². The molecule has 0 aliphatic heterocycles. The summed E-state index contributed by atoms with van der Waals surface area (Å²) in [5.41, 5.74) is 1.77. The average Bonchev–Trinajstić information content (AvgIpc) is 2.36. The molecule has 0 amide bonds. The number of pyridine rings is 1. The van der Waals surface area contributed by atoms with Crippen LogP contribution in [-0.2, 0) is 6.54 Å². The highest BCUT2D eigenvalue weighted by Crippen LogP contribution is 2.18. The first-order valence-corrected chi connectivity index (χ1v) is 7.58. The first-order chi connectivity index (χ1) is 9.22. The Bertz CT molecular complexity index is 379. The van der Waals surface area contributed by atoms with Gasteiger partial charge >= 0.3 is 0 Å². The second kappa shape index (κ2) is 7.19. The summed E-state index contributed by atoms with van der Waals surface area (Å²) in [7, 11) is 0. The zero-order valence-electron chi connectivity index (χ0n) is 14.0. The van der Waals surface area contributed by atoms with Crippen molar-refractivity contribution in [2.24, 2.45) is 5.41 Å². The van der Waals surface area contributed by atoms with Gasteiger partial charge < -0.3 is 5.32 Å². The molecular formula is C17H31N3. The highest BCUT2D eigenvalue weighted by atomic mass is 15.1. The van der Waals surface area contributed by atoms with Gasteiger partial charge in [-0.25, -0.2) is 0 Å². The van der Waals surface area contributed by atoms with E-state index in [9.17, 15) is 0 Å². The molecule has 0 aromatic carbocycles. The molecule has 1 aromatic rings. The van der Waals surface area contributed by atoms with Crippen LogP contribution in [0.4, 0.5) is 0 Å². The van der Waals surface area contributed by atoms with E-state index in [2.05, 4.69) is 68.9 Å². The zero-order valence-corrected chi connectivity index (χ0v) is 14.0. The van der Waals surface area contributed by atoms with Gasteiger partial charge in [0.15, 0.2) is 0 Å². The maximum Gasteiger partial charge on any atom is 0.0271 e. The van der Waals surface area contributed by atoms with E-state index in [1.807, 2.05) is 12.4 Å². The molecule has 0 saturated heterocycles. The van der Waals surface area contributed by atoms with E-state index in [0.29, 0.717) is 0 Å². The SMILES string of the molecule is CCN(Cc1ccncc1)CC(C)(C)CNC(C)(C)C. The smallest absolute Gasteiger partial charge is 0.0271 e. The maximum absolute atomic E-state index is 4.08. The molecular weight excluding hydrogens is 246 g/mol. The monoisotopic (exact) mass is 277 g/mol. The molecule has 0 saturated carbocycles. The summed E-state index contributed by atoms with van der Waals surface area (Å²) in [6.45, 7) is 17.8. The Hall–Kier alpha value is -0.930.